The smallest absolute Gasteiger partial charge is 0.651 e. The number of amides is 2. The molecule has 0 aliphatic carbocycles. The van der Waals surface area contributed by atoms with Gasteiger partial charge >= 0.3 is 16.8 Å². The minimum absolute atomic E-state index is 0. The van der Waals surface area contributed by atoms with Crippen LogP contribution in [0.15, 0.2) is 80.5 Å². The van der Waals surface area contributed by atoms with E-state index < -0.39 is 0 Å². The maximum absolute atomic E-state index is 11.4. The Morgan fingerprint density at radius 2 is 1.06 bits per heavy atom. The van der Waals surface area contributed by atoms with E-state index in [4.69, 9.17) is 0 Å². The van der Waals surface area contributed by atoms with Gasteiger partial charge in [0.25, 0.3) is 0 Å². The van der Waals surface area contributed by atoms with Crippen LogP contribution in [-0.2, 0) is 26.4 Å². The van der Waals surface area contributed by atoms with Crippen molar-refractivity contribution in [3.63, 3.8) is 0 Å². The third-order valence-electron chi connectivity index (χ3n) is 4.00. The molecule has 2 aromatic rings. The Balaban J connectivity index is 0.000000213. The summed E-state index contributed by atoms with van der Waals surface area (Å²) in [5.74, 6) is -0.0666. The normalized spacial score (nSPS) is 15.5. The molecule has 9 heteroatoms. The van der Waals surface area contributed by atoms with Crippen molar-refractivity contribution in [2.45, 2.75) is 9.79 Å². The summed E-state index contributed by atoms with van der Waals surface area (Å²) >= 11 is 3.06. The molecular weight excluding hydrogens is 475 g/mol. The van der Waals surface area contributed by atoms with Gasteiger partial charge in [-0.15, -0.1) is 34.9 Å². The molecule has 6 nitrogen and oxygen atoms in total. The van der Waals surface area contributed by atoms with Gasteiger partial charge in [-0.2, -0.15) is 0 Å². The van der Waals surface area contributed by atoms with Crippen LogP contribution in [0.3, 0.4) is 0 Å². The largest absolute Gasteiger partial charge is 2.00 e. The van der Waals surface area contributed by atoms with E-state index in [1.165, 1.54) is 33.3 Å². The third kappa shape index (κ3) is 6.83. The van der Waals surface area contributed by atoms with Gasteiger partial charge in [0.05, 0.1) is 0 Å². The molecule has 0 spiro atoms. The molecule has 0 saturated heterocycles. The molecule has 0 atom stereocenters. The first kappa shape index (κ1) is 24.9. The molecule has 2 aliphatic rings. The number of likely N-dealkylation sites (N-methyl/N-ethyl adjacent to an activating group) is 2. The molecule has 0 N–H and O–H groups in total. The van der Waals surface area contributed by atoms with Crippen LogP contribution >= 0.6 is 23.5 Å². The molecule has 2 aliphatic heterocycles. The fourth-order valence-corrected chi connectivity index (χ4v) is 4.16. The van der Waals surface area contributed by atoms with E-state index in [-0.39, 0.29) is 28.6 Å². The number of nitrogens with zero attached hydrogens (tertiary/aromatic N) is 4. The molecule has 0 bridgehead atoms. The average Bonchev–Trinajstić information content (AvgIpc) is 3.30. The van der Waals surface area contributed by atoms with Gasteiger partial charge < -0.3 is 20.4 Å². The Kier molecular flexibility index (Phi) is 9.11. The van der Waals surface area contributed by atoms with Gasteiger partial charge in [0.1, 0.15) is 0 Å². The second-order valence-corrected chi connectivity index (χ2v) is 8.92. The fourth-order valence-electron chi connectivity index (χ4n) is 2.37. The molecule has 4 rings (SSSR count). The van der Waals surface area contributed by atoms with E-state index in [1.54, 1.807) is 40.3 Å². The van der Waals surface area contributed by atoms with E-state index >= 15 is 0 Å². The van der Waals surface area contributed by atoms with Crippen molar-refractivity contribution in [2.24, 2.45) is 0 Å². The number of carbonyl (C=O) groups excluding carboxylic acids is 2. The number of thioether (sulfide) groups is 2. The van der Waals surface area contributed by atoms with Gasteiger partial charge in [-0.05, 0) is 34.1 Å². The predicted molar refractivity (Wildman–Crippen MR) is 124 cm³/mol. The Labute approximate surface area is 201 Å². The van der Waals surface area contributed by atoms with Gasteiger partial charge in [-0.1, -0.05) is 46.5 Å². The second-order valence-electron chi connectivity index (χ2n) is 6.79. The van der Waals surface area contributed by atoms with Crippen LogP contribution < -0.4 is 0 Å². The van der Waals surface area contributed by atoms with Gasteiger partial charge in [-0.25, -0.2) is 0 Å². The van der Waals surface area contributed by atoms with Crippen molar-refractivity contribution in [1.82, 2.24) is 9.80 Å². The van der Waals surface area contributed by atoms with Crippen molar-refractivity contribution in [1.29, 1.82) is 0 Å². The monoisotopic (exact) mass is 497 g/mol. The van der Waals surface area contributed by atoms with Gasteiger partial charge in [0, 0.05) is 28.2 Å². The predicted octanol–water partition coefficient (Wildman–Crippen LogP) is 5.45. The molecule has 0 aromatic heterocycles. The Bertz CT molecular complexity index is 887. The summed E-state index contributed by atoms with van der Waals surface area (Å²) in [5, 5.41) is 10.2. The van der Waals surface area contributed by atoms with Crippen LogP contribution in [0.1, 0.15) is 0 Å². The zero-order valence-electron chi connectivity index (χ0n) is 17.5. The third-order valence-corrected chi connectivity index (χ3v) is 5.96. The van der Waals surface area contributed by atoms with Crippen LogP contribution in [0.2, 0.25) is 0 Å². The van der Waals surface area contributed by atoms with Crippen molar-refractivity contribution in [3.8, 4) is 0 Å². The number of hydrogen-bond donors (Lipinski definition) is 0. The number of benzene rings is 2. The number of para-hydroxylation sites is 2. The maximum atomic E-state index is 11.4. The SMILES string of the molecule is CN(C)C(=O)/C=C1\[N-]c2ccccc2S1.CN(C)C(=O)/C=C1\[N-]c2ccccc2S1.[Co+2]. The summed E-state index contributed by atoms with van der Waals surface area (Å²) in [6.07, 6.45) is 3.12. The number of rotatable bonds is 2. The summed E-state index contributed by atoms with van der Waals surface area (Å²) in [4.78, 5) is 28.1. The minimum Gasteiger partial charge on any atom is -0.651 e. The maximum Gasteiger partial charge on any atom is 2.00 e. The summed E-state index contributed by atoms with van der Waals surface area (Å²) in [6.45, 7) is 0. The molecule has 0 unspecified atom stereocenters. The first-order valence-electron chi connectivity index (χ1n) is 9.16. The van der Waals surface area contributed by atoms with E-state index in [0.29, 0.717) is 0 Å². The van der Waals surface area contributed by atoms with Gasteiger partial charge in [-0.3, -0.25) is 9.59 Å². The molecule has 0 fully saturated rings. The fraction of sp³-hybridized carbons (Fsp3) is 0.182. The van der Waals surface area contributed by atoms with E-state index in [9.17, 15) is 9.59 Å². The standard InChI is InChI=1S/2C11H12N2OS.Co/c2*1-13(2)11(14)7-10-12-8-5-3-4-6-9(8)15-10;/h2*3-7H,1-2H3,(H,12,14);/q;;+2/p-2. The zero-order chi connectivity index (χ0) is 21.7. The van der Waals surface area contributed by atoms with E-state index in [2.05, 4.69) is 10.6 Å². The molecule has 163 valence electrons. The zero-order valence-corrected chi connectivity index (χ0v) is 20.2. The average molecular weight is 498 g/mol. The van der Waals surface area contributed by atoms with Gasteiger partial charge in [0.15, 0.2) is 0 Å². The van der Waals surface area contributed by atoms with Crippen LogP contribution in [0.25, 0.3) is 10.6 Å². The molecule has 2 aromatic carbocycles. The first-order chi connectivity index (χ1) is 14.3. The number of fused-ring (bicyclic) bond motifs is 2. The molecule has 0 saturated carbocycles. The summed E-state index contributed by atoms with van der Waals surface area (Å²) in [6, 6.07) is 15.7. The topological polar surface area (TPSA) is 68.8 Å². The van der Waals surface area contributed by atoms with Crippen LogP contribution in [0.5, 0.6) is 0 Å². The number of hydrogen-bond acceptors (Lipinski definition) is 4. The van der Waals surface area contributed by atoms with Crippen molar-refractivity contribution in [2.75, 3.05) is 28.2 Å². The van der Waals surface area contributed by atoms with E-state index in [1.807, 2.05) is 48.5 Å². The van der Waals surface area contributed by atoms with Crippen molar-refractivity contribution >= 4 is 46.7 Å². The molecule has 1 radical (unpaired) electrons. The summed E-state index contributed by atoms with van der Waals surface area (Å²) in [5.41, 5.74) is 1.89. The molecule has 31 heavy (non-hydrogen) atoms. The summed E-state index contributed by atoms with van der Waals surface area (Å²) < 4.78 is 0. The second kappa shape index (κ2) is 11.3. The molecule has 2 amide bonds. The quantitative estimate of drug-likeness (QED) is 0.518. The van der Waals surface area contributed by atoms with Crippen LogP contribution in [-0.4, -0.2) is 49.8 Å². The summed E-state index contributed by atoms with van der Waals surface area (Å²) in [7, 11) is 6.91. The molecule has 2 heterocycles. The van der Waals surface area contributed by atoms with E-state index in [0.717, 1.165) is 31.2 Å². The Hall–Kier alpha value is -2.33. The minimum atomic E-state index is -0.0333. The van der Waals surface area contributed by atoms with Crippen LogP contribution in [0.4, 0.5) is 11.4 Å². The van der Waals surface area contributed by atoms with Crippen molar-refractivity contribution in [3.05, 3.63) is 81.4 Å². The first-order valence-corrected chi connectivity index (χ1v) is 10.8. The van der Waals surface area contributed by atoms with Gasteiger partial charge in [0.2, 0.25) is 11.8 Å². The van der Waals surface area contributed by atoms with Crippen LogP contribution in [0, 0.1) is 0 Å². The van der Waals surface area contributed by atoms with Crippen molar-refractivity contribution < 1.29 is 26.4 Å². The number of carbonyl (C=O) groups is 2. The Morgan fingerprint density at radius 3 is 1.39 bits per heavy atom. The molecular formula is C22H22CoN4O2S2. The Morgan fingerprint density at radius 1 is 0.710 bits per heavy atom.